The molecule has 12 heteroatoms. The highest BCUT2D eigenvalue weighted by molar-refractivity contribution is 7.11. The first-order chi connectivity index (χ1) is 19.6. The monoisotopic (exact) mass is 589 g/mol. The number of pyridine rings is 1. The van der Waals surface area contributed by atoms with E-state index in [1.807, 2.05) is 6.07 Å². The van der Waals surface area contributed by atoms with Gasteiger partial charge in [-0.1, -0.05) is 19.6 Å². The van der Waals surface area contributed by atoms with E-state index in [1.54, 1.807) is 11.3 Å². The second kappa shape index (κ2) is 13.8. The van der Waals surface area contributed by atoms with Crippen molar-refractivity contribution in [3.63, 3.8) is 0 Å². The van der Waals surface area contributed by atoms with E-state index < -0.39 is 17.8 Å². The number of carbonyl (C=O) groups excluding carboxylic acids is 1. The lowest BCUT2D eigenvalue weighted by atomic mass is 10.1. The van der Waals surface area contributed by atoms with Crippen LogP contribution in [0.25, 0.3) is 0 Å². The molecule has 0 saturated carbocycles. The number of aryl methyl sites for hydroxylation is 4. The largest absolute Gasteiger partial charge is 0.445 e. The molecule has 8 nitrogen and oxygen atoms in total. The molecular weight excluding hydrogens is 555 g/mol. The van der Waals surface area contributed by atoms with Crippen molar-refractivity contribution in [3.8, 4) is 0 Å². The van der Waals surface area contributed by atoms with Crippen LogP contribution in [0, 0.1) is 6.92 Å². The molecule has 1 saturated heterocycles. The molecule has 1 aliphatic heterocycles. The SMILES string of the molecule is C=CCOC(=O)Nc1cc(CNc2cc(N3CCOCC3)cc(CCc3nc(CC)c(C)s3)n2)cc(C(F)(F)F)c1. The van der Waals surface area contributed by atoms with Crippen molar-refractivity contribution in [2.24, 2.45) is 0 Å². The Kier molecular flexibility index (Phi) is 10.2. The molecule has 3 aromatic rings. The minimum Gasteiger partial charge on any atom is -0.445 e. The van der Waals surface area contributed by atoms with Gasteiger partial charge >= 0.3 is 12.3 Å². The van der Waals surface area contributed by atoms with Crippen molar-refractivity contribution in [1.82, 2.24) is 9.97 Å². The molecule has 1 amide bonds. The summed E-state index contributed by atoms with van der Waals surface area (Å²) in [4.78, 5) is 24.9. The molecular formula is C29H34F3N5O3S. The van der Waals surface area contributed by atoms with Crippen LogP contribution in [0.2, 0.25) is 0 Å². The second-order valence-corrected chi connectivity index (χ2v) is 10.8. The van der Waals surface area contributed by atoms with E-state index in [0.717, 1.165) is 60.1 Å². The van der Waals surface area contributed by atoms with Crippen molar-refractivity contribution >= 4 is 34.6 Å². The van der Waals surface area contributed by atoms with Crippen LogP contribution in [0.1, 0.15) is 39.3 Å². The van der Waals surface area contributed by atoms with Crippen molar-refractivity contribution in [2.45, 2.75) is 45.8 Å². The first kappa shape index (κ1) is 30.3. The first-order valence-electron chi connectivity index (χ1n) is 13.4. The Morgan fingerprint density at radius 1 is 1.17 bits per heavy atom. The fourth-order valence-electron chi connectivity index (χ4n) is 4.46. The summed E-state index contributed by atoms with van der Waals surface area (Å²) in [7, 11) is 0. The van der Waals surface area contributed by atoms with Crippen LogP contribution in [-0.4, -0.2) is 49.0 Å². The van der Waals surface area contributed by atoms with E-state index >= 15 is 0 Å². The summed E-state index contributed by atoms with van der Waals surface area (Å²) in [6.45, 7) is 10.3. The van der Waals surface area contributed by atoms with Crippen LogP contribution < -0.4 is 15.5 Å². The predicted octanol–water partition coefficient (Wildman–Crippen LogP) is 6.40. The average Bonchev–Trinajstić information content (AvgIpc) is 3.33. The van der Waals surface area contributed by atoms with Gasteiger partial charge in [0.2, 0.25) is 0 Å². The third-order valence-corrected chi connectivity index (χ3v) is 7.55. The molecule has 41 heavy (non-hydrogen) atoms. The van der Waals surface area contributed by atoms with E-state index in [2.05, 4.69) is 42.0 Å². The normalized spacial score (nSPS) is 13.6. The van der Waals surface area contributed by atoms with Crippen molar-refractivity contribution in [3.05, 3.63) is 75.4 Å². The van der Waals surface area contributed by atoms with E-state index in [0.29, 0.717) is 31.0 Å². The molecule has 0 unspecified atom stereocenters. The Labute approximate surface area is 241 Å². The molecule has 1 fully saturated rings. The van der Waals surface area contributed by atoms with Gasteiger partial charge in [-0.3, -0.25) is 5.32 Å². The van der Waals surface area contributed by atoms with Gasteiger partial charge in [0.25, 0.3) is 0 Å². The van der Waals surface area contributed by atoms with Gasteiger partial charge in [-0.2, -0.15) is 13.2 Å². The number of nitrogens with zero attached hydrogens (tertiary/aromatic N) is 3. The fourth-order valence-corrected chi connectivity index (χ4v) is 5.48. The average molecular weight is 590 g/mol. The third-order valence-electron chi connectivity index (χ3n) is 6.48. The van der Waals surface area contributed by atoms with Crippen molar-refractivity contribution in [1.29, 1.82) is 0 Å². The van der Waals surface area contributed by atoms with Crippen LogP contribution >= 0.6 is 11.3 Å². The van der Waals surface area contributed by atoms with Crippen LogP contribution in [0.15, 0.2) is 43.0 Å². The Balaban J connectivity index is 1.55. The number of halogens is 3. The number of hydrogen-bond acceptors (Lipinski definition) is 8. The number of morpholine rings is 1. The summed E-state index contributed by atoms with van der Waals surface area (Å²) in [5, 5.41) is 6.60. The molecule has 2 aromatic heterocycles. The number of anilines is 3. The maximum absolute atomic E-state index is 13.6. The summed E-state index contributed by atoms with van der Waals surface area (Å²) < 4.78 is 51.2. The summed E-state index contributed by atoms with van der Waals surface area (Å²) in [6.07, 6.45) is -1.78. The number of amides is 1. The molecule has 220 valence electrons. The van der Waals surface area contributed by atoms with Gasteiger partial charge in [-0.05, 0) is 49.6 Å². The van der Waals surface area contributed by atoms with E-state index in [4.69, 9.17) is 19.4 Å². The standard InChI is InChI=1S/C29H34F3N5O3S/c1-4-10-40-28(38)35-23-14-20(13-21(15-23)29(30,31)32)18-33-26-17-24(37-8-11-39-12-9-37)16-22(34-26)6-7-27-36-25(5-2)19(3)41-27/h4,13-17H,1,5-12,18H2,2-3H3,(H,33,34)(H,35,38). The molecule has 4 rings (SSSR count). The molecule has 0 aliphatic carbocycles. The predicted molar refractivity (Wildman–Crippen MR) is 155 cm³/mol. The number of hydrogen-bond donors (Lipinski definition) is 2. The van der Waals surface area contributed by atoms with Crippen LogP contribution in [0.4, 0.5) is 35.2 Å². The summed E-state index contributed by atoms with van der Waals surface area (Å²) in [5.41, 5.74) is 2.37. The molecule has 1 aromatic carbocycles. The number of carbonyl (C=O) groups is 1. The zero-order valence-corrected chi connectivity index (χ0v) is 24.0. The number of alkyl halides is 3. The number of ether oxygens (including phenoxy) is 2. The quantitative estimate of drug-likeness (QED) is 0.250. The highest BCUT2D eigenvalue weighted by Gasteiger charge is 2.31. The molecule has 2 N–H and O–H groups in total. The van der Waals surface area contributed by atoms with Gasteiger partial charge in [0.1, 0.15) is 12.4 Å². The smallest absolute Gasteiger partial charge is 0.416 e. The number of rotatable bonds is 11. The zero-order valence-electron chi connectivity index (χ0n) is 23.1. The van der Waals surface area contributed by atoms with E-state index in [1.165, 1.54) is 17.0 Å². The fraction of sp³-hybridized carbons (Fsp3) is 0.414. The van der Waals surface area contributed by atoms with Gasteiger partial charge < -0.3 is 19.7 Å². The Morgan fingerprint density at radius 3 is 2.63 bits per heavy atom. The van der Waals surface area contributed by atoms with Crippen LogP contribution in [-0.2, 0) is 41.5 Å². The molecule has 0 atom stereocenters. The molecule has 0 bridgehead atoms. The Bertz CT molecular complexity index is 1360. The Hall–Kier alpha value is -3.64. The van der Waals surface area contributed by atoms with Gasteiger partial charge in [0.15, 0.2) is 0 Å². The number of nitrogens with one attached hydrogen (secondary N) is 2. The maximum Gasteiger partial charge on any atom is 0.416 e. The molecule has 1 aliphatic rings. The van der Waals surface area contributed by atoms with Crippen LogP contribution in [0.5, 0.6) is 0 Å². The molecule has 0 spiro atoms. The molecule has 3 heterocycles. The van der Waals surface area contributed by atoms with E-state index in [-0.39, 0.29) is 18.8 Å². The lowest BCUT2D eigenvalue weighted by Gasteiger charge is -2.29. The van der Waals surface area contributed by atoms with Crippen molar-refractivity contribution in [2.75, 3.05) is 48.4 Å². The topological polar surface area (TPSA) is 88.6 Å². The van der Waals surface area contributed by atoms with Gasteiger partial charge in [-0.15, -0.1) is 11.3 Å². The van der Waals surface area contributed by atoms with E-state index in [9.17, 15) is 18.0 Å². The summed E-state index contributed by atoms with van der Waals surface area (Å²) in [5.74, 6) is 0.547. The highest BCUT2D eigenvalue weighted by Crippen LogP contribution is 2.32. The summed E-state index contributed by atoms with van der Waals surface area (Å²) in [6, 6.07) is 7.35. The lowest BCUT2D eigenvalue weighted by Crippen LogP contribution is -2.36. The Morgan fingerprint density at radius 2 is 1.95 bits per heavy atom. The molecule has 0 radical (unpaired) electrons. The second-order valence-electron chi connectivity index (χ2n) is 9.55. The number of aromatic nitrogens is 2. The lowest BCUT2D eigenvalue weighted by molar-refractivity contribution is -0.137. The zero-order chi connectivity index (χ0) is 29.4. The van der Waals surface area contributed by atoms with Gasteiger partial charge in [-0.25, -0.2) is 14.8 Å². The first-order valence-corrected chi connectivity index (χ1v) is 14.2. The van der Waals surface area contributed by atoms with Gasteiger partial charge in [0.05, 0.1) is 29.5 Å². The summed E-state index contributed by atoms with van der Waals surface area (Å²) >= 11 is 1.70. The minimum absolute atomic E-state index is 0.0217. The van der Waals surface area contributed by atoms with Gasteiger partial charge in [0, 0.05) is 54.1 Å². The van der Waals surface area contributed by atoms with Crippen LogP contribution in [0.3, 0.4) is 0 Å². The highest BCUT2D eigenvalue weighted by atomic mass is 32.1. The minimum atomic E-state index is -4.59. The van der Waals surface area contributed by atoms with Crippen molar-refractivity contribution < 1.29 is 27.4 Å². The number of benzene rings is 1. The maximum atomic E-state index is 13.6. The third kappa shape index (κ3) is 8.67. The number of thiazole rings is 1.